The molecule has 1 aromatic rings. The first-order valence-corrected chi connectivity index (χ1v) is 12.7. The Balaban J connectivity index is 2.27. The van der Waals surface area contributed by atoms with E-state index in [0.29, 0.717) is 6.42 Å². The van der Waals surface area contributed by atoms with Gasteiger partial charge in [0, 0.05) is 11.3 Å². The fraction of sp³-hybridized carbons (Fsp3) is 0.654. The summed E-state index contributed by atoms with van der Waals surface area (Å²) in [5, 5.41) is 24.4. The Morgan fingerprint density at radius 2 is 1.82 bits per heavy atom. The van der Waals surface area contributed by atoms with Crippen molar-refractivity contribution < 1.29 is 24.5 Å². The summed E-state index contributed by atoms with van der Waals surface area (Å²) in [6.07, 6.45) is 6.25. The monoisotopic (exact) mass is 477 g/mol. The fourth-order valence-corrected chi connectivity index (χ4v) is 4.75. The molecule has 0 amide bonds. The predicted octanol–water partition coefficient (Wildman–Crippen LogP) is 4.88. The minimum atomic E-state index is -1.21. The number of carbonyl (C=O) groups is 2. The van der Waals surface area contributed by atoms with Crippen molar-refractivity contribution in [1.29, 1.82) is 0 Å². The van der Waals surface area contributed by atoms with Crippen LogP contribution in [0.5, 0.6) is 0 Å². The van der Waals surface area contributed by atoms with Crippen molar-refractivity contribution in [2.45, 2.75) is 92.0 Å². The summed E-state index contributed by atoms with van der Waals surface area (Å²) < 4.78 is 5.77. The van der Waals surface area contributed by atoms with Crippen molar-refractivity contribution in [3.8, 4) is 0 Å². The normalized spacial score (nSPS) is 31.8. The highest BCUT2D eigenvalue weighted by Crippen LogP contribution is 2.32. The Morgan fingerprint density at radius 1 is 1.18 bits per heavy atom. The van der Waals surface area contributed by atoms with Crippen LogP contribution in [-0.4, -0.2) is 45.3 Å². The van der Waals surface area contributed by atoms with E-state index in [4.69, 9.17) is 4.74 Å². The Morgan fingerprint density at radius 3 is 2.42 bits per heavy atom. The van der Waals surface area contributed by atoms with Crippen molar-refractivity contribution in [1.82, 2.24) is 4.98 Å². The summed E-state index contributed by atoms with van der Waals surface area (Å²) in [6, 6.07) is 0. The van der Waals surface area contributed by atoms with Crippen LogP contribution in [-0.2, 0) is 14.3 Å². The Bertz CT molecular complexity index is 872. The molecule has 1 aliphatic heterocycles. The second-order valence-electron chi connectivity index (χ2n) is 9.85. The van der Waals surface area contributed by atoms with Gasteiger partial charge in [0.2, 0.25) is 0 Å². The number of aryl methyl sites for hydroxylation is 1. The van der Waals surface area contributed by atoms with E-state index in [0.717, 1.165) is 35.5 Å². The molecular weight excluding hydrogens is 438 g/mol. The number of ether oxygens (including phenoxy) is 1. The topological polar surface area (TPSA) is 96.7 Å². The van der Waals surface area contributed by atoms with E-state index < -0.39 is 35.6 Å². The number of ketones is 1. The van der Waals surface area contributed by atoms with Crippen LogP contribution < -0.4 is 0 Å². The average Bonchev–Trinajstić information content (AvgIpc) is 3.16. The lowest BCUT2D eigenvalue weighted by atomic mass is 9.73. The van der Waals surface area contributed by atoms with Crippen molar-refractivity contribution in [2.75, 3.05) is 0 Å². The number of thiazole rings is 1. The predicted molar refractivity (Wildman–Crippen MR) is 132 cm³/mol. The van der Waals surface area contributed by atoms with Crippen LogP contribution in [0.3, 0.4) is 0 Å². The van der Waals surface area contributed by atoms with Crippen LogP contribution in [0.25, 0.3) is 6.08 Å². The molecule has 1 aliphatic rings. The van der Waals surface area contributed by atoms with Gasteiger partial charge in [0.25, 0.3) is 0 Å². The van der Waals surface area contributed by atoms with Crippen molar-refractivity contribution in [3.05, 3.63) is 33.8 Å². The third kappa shape index (κ3) is 7.59. The first-order chi connectivity index (χ1) is 15.4. The molecule has 0 spiro atoms. The van der Waals surface area contributed by atoms with E-state index in [2.05, 4.69) is 17.1 Å². The first kappa shape index (κ1) is 27.4. The molecule has 0 bridgehead atoms. The standard InChI is InChI=1S/C26H39NO5S/c1-16-11-9-7-8-10-12-21(17(2)13-20-15-33-19(4)27-20)32-23(29)14-22(28)26(5,6)25(31)18(3)24(16)30/h7-8,13,15-16,18,21-22,24,28,30H,9-12,14H2,1-6H3/b8-7+,17-13+/t16-,18+,21-,22-,24-/m0/s1. The minimum Gasteiger partial charge on any atom is -0.458 e. The highest BCUT2D eigenvalue weighted by molar-refractivity contribution is 7.09. The number of esters is 1. The first-order valence-electron chi connectivity index (χ1n) is 11.8. The smallest absolute Gasteiger partial charge is 0.309 e. The molecule has 7 heteroatoms. The molecule has 0 saturated carbocycles. The van der Waals surface area contributed by atoms with Gasteiger partial charge >= 0.3 is 5.97 Å². The molecule has 33 heavy (non-hydrogen) atoms. The summed E-state index contributed by atoms with van der Waals surface area (Å²) >= 11 is 1.56. The maximum absolute atomic E-state index is 13.1. The SMILES string of the molecule is C/C(=C\c1csc(C)n1)[C@@H]1CC/C=C/CC[C@H](C)[C@H](O)[C@@H](C)C(=O)C(C)(C)[C@@H](O)CC(=O)O1. The molecule has 0 radical (unpaired) electrons. The number of hydrogen-bond donors (Lipinski definition) is 2. The van der Waals surface area contributed by atoms with E-state index in [1.807, 2.05) is 32.2 Å². The van der Waals surface area contributed by atoms with E-state index >= 15 is 0 Å². The molecule has 5 atom stereocenters. The second kappa shape index (κ2) is 12.0. The number of Topliss-reactive ketones (excluding diaryl/α,β-unsaturated/α-hetero) is 1. The van der Waals surface area contributed by atoms with Gasteiger partial charge < -0.3 is 14.9 Å². The zero-order chi connectivity index (χ0) is 24.8. The van der Waals surface area contributed by atoms with Gasteiger partial charge in [-0.1, -0.05) is 39.8 Å². The Labute approximate surface area is 201 Å². The summed E-state index contributed by atoms with van der Waals surface area (Å²) in [6.45, 7) is 10.7. The van der Waals surface area contributed by atoms with Crippen LogP contribution in [0.2, 0.25) is 0 Å². The molecule has 1 aromatic heterocycles. The summed E-state index contributed by atoms with van der Waals surface area (Å²) in [4.78, 5) is 30.3. The van der Waals surface area contributed by atoms with Gasteiger partial charge in [-0.25, -0.2) is 4.98 Å². The Kier molecular flexibility index (Phi) is 10.0. The minimum absolute atomic E-state index is 0.0566. The number of cyclic esters (lactones) is 1. The number of allylic oxidation sites excluding steroid dienone is 2. The molecule has 0 aromatic carbocycles. The zero-order valence-electron chi connectivity index (χ0n) is 20.7. The molecule has 184 valence electrons. The molecule has 0 unspecified atom stereocenters. The van der Waals surface area contributed by atoms with Gasteiger partial charge in [0.15, 0.2) is 0 Å². The number of aliphatic hydroxyl groups excluding tert-OH is 2. The number of hydrogen-bond acceptors (Lipinski definition) is 7. The Hall–Kier alpha value is -1.83. The van der Waals surface area contributed by atoms with Crippen molar-refractivity contribution in [2.24, 2.45) is 17.3 Å². The number of carbonyl (C=O) groups excluding carboxylic acids is 2. The van der Waals surface area contributed by atoms with Gasteiger partial charge in [0.1, 0.15) is 11.9 Å². The van der Waals surface area contributed by atoms with Gasteiger partial charge in [-0.3, -0.25) is 9.59 Å². The van der Waals surface area contributed by atoms with E-state index in [9.17, 15) is 19.8 Å². The molecule has 2 rings (SSSR count). The third-order valence-corrected chi connectivity index (χ3v) is 7.47. The molecule has 2 N–H and O–H groups in total. The third-order valence-electron chi connectivity index (χ3n) is 6.68. The van der Waals surface area contributed by atoms with Crippen molar-refractivity contribution >= 4 is 29.2 Å². The van der Waals surface area contributed by atoms with E-state index in [-0.39, 0.29) is 18.1 Å². The summed E-state index contributed by atoms with van der Waals surface area (Å²) in [7, 11) is 0. The van der Waals surface area contributed by atoms with E-state index in [1.165, 1.54) is 0 Å². The molecule has 0 aliphatic carbocycles. The van der Waals surface area contributed by atoms with Crippen LogP contribution in [0, 0.1) is 24.2 Å². The molecule has 0 saturated heterocycles. The lowest BCUT2D eigenvalue weighted by Crippen LogP contribution is -2.45. The number of nitrogens with zero attached hydrogens (tertiary/aromatic N) is 1. The van der Waals surface area contributed by atoms with Crippen LogP contribution >= 0.6 is 11.3 Å². The van der Waals surface area contributed by atoms with Crippen LogP contribution in [0.4, 0.5) is 0 Å². The lowest BCUT2D eigenvalue weighted by Gasteiger charge is -2.34. The van der Waals surface area contributed by atoms with Crippen molar-refractivity contribution in [3.63, 3.8) is 0 Å². The second-order valence-corrected chi connectivity index (χ2v) is 10.9. The largest absolute Gasteiger partial charge is 0.458 e. The van der Waals surface area contributed by atoms with Crippen LogP contribution in [0.1, 0.15) is 77.4 Å². The quantitative estimate of drug-likeness (QED) is 0.466. The summed E-state index contributed by atoms with van der Waals surface area (Å²) in [5.74, 6) is -1.50. The molecule has 6 nitrogen and oxygen atoms in total. The lowest BCUT2D eigenvalue weighted by molar-refractivity contribution is -0.154. The summed E-state index contributed by atoms with van der Waals surface area (Å²) in [5.41, 5.74) is 0.537. The van der Waals surface area contributed by atoms with Gasteiger partial charge in [-0.15, -0.1) is 11.3 Å². The highest BCUT2D eigenvalue weighted by Gasteiger charge is 2.42. The molecule has 2 heterocycles. The van der Waals surface area contributed by atoms with Gasteiger partial charge in [0.05, 0.1) is 34.7 Å². The number of aliphatic hydroxyl groups is 2. The number of aromatic nitrogens is 1. The molecule has 0 fully saturated rings. The maximum Gasteiger partial charge on any atom is 0.309 e. The maximum atomic E-state index is 13.1. The highest BCUT2D eigenvalue weighted by atomic mass is 32.1. The van der Waals surface area contributed by atoms with Gasteiger partial charge in [-0.05, 0) is 57.1 Å². The fourth-order valence-electron chi connectivity index (χ4n) is 4.18. The average molecular weight is 478 g/mol. The van der Waals surface area contributed by atoms with Crippen LogP contribution in [0.15, 0.2) is 23.1 Å². The number of rotatable bonds is 2. The van der Waals surface area contributed by atoms with Gasteiger partial charge in [-0.2, -0.15) is 0 Å². The van der Waals surface area contributed by atoms with E-state index in [1.54, 1.807) is 32.1 Å². The molecular formula is C26H39NO5S. The zero-order valence-corrected chi connectivity index (χ0v) is 21.5.